The number of nitrogens with zero attached hydrogens (tertiary/aromatic N) is 5. The first-order valence-electron chi connectivity index (χ1n) is 9.62. The normalized spacial score (nSPS) is 15.3. The summed E-state index contributed by atoms with van der Waals surface area (Å²) in [7, 11) is 3.32. The van der Waals surface area contributed by atoms with E-state index in [2.05, 4.69) is 4.98 Å². The highest BCUT2D eigenvalue weighted by Gasteiger charge is 2.32. The Labute approximate surface area is 198 Å². The summed E-state index contributed by atoms with van der Waals surface area (Å²) in [6, 6.07) is 7.74. The van der Waals surface area contributed by atoms with E-state index in [-0.39, 0.29) is 23.9 Å². The van der Waals surface area contributed by atoms with Crippen molar-refractivity contribution in [2.75, 3.05) is 6.54 Å². The van der Waals surface area contributed by atoms with Gasteiger partial charge in [-0.05, 0) is 24.1 Å². The van der Waals surface area contributed by atoms with E-state index in [9.17, 15) is 14.4 Å². The summed E-state index contributed by atoms with van der Waals surface area (Å²) in [5.41, 5.74) is 2.91. The number of aromatic nitrogens is 4. The van der Waals surface area contributed by atoms with Gasteiger partial charge in [0.25, 0.3) is 5.91 Å². The van der Waals surface area contributed by atoms with Gasteiger partial charge in [-0.2, -0.15) is 0 Å². The topological polar surface area (TPSA) is 82.1 Å². The summed E-state index contributed by atoms with van der Waals surface area (Å²) in [5, 5.41) is 0. The predicted molar refractivity (Wildman–Crippen MR) is 131 cm³/mol. The Hall–Kier alpha value is -2.89. The van der Waals surface area contributed by atoms with Crippen LogP contribution < -0.4 is 5.69 Å². The van der Waals surface area contributed by atoms with Crippen molar-refractivity contribution in [3.63, 3.8) is 0 Å². The van der Waals surface area contributed by atoms with Crippen LogP contribution in [-0.4, -0.2) is 46.1 Å². The molecule has 3 heterocycles. The SMILES string of the molecule is CC(=O)CN1C(=O)/C(=C/c2ccc(Cn3cnc4c3c(=S)n(C)c(=O)n4C)cc2)SC1=S. The van der Waals surface area contributed by atoms with E-state index in [1.807, 2.05) is 28.8 Å². The lowest BCUT2D eigenvalue weighted by Crippen LogP contribution is -2.32. The maximum atomic E-state index is 12.5. The van der Waals surface area contributed by atoms with Crippen molar-refractivity contribution in [3.8, 4) is 0 Å². The minimum absolute atomic E-state index is 0.00594. The minimum Gasteiger partial charge on any atom is -0.322 e. The van der Waals surface area contributed by atoms with Gasteiger partial charge in [-0.3, -0.25) is 23.6 Å². The fourth-order valence-electron chi connectivity index (χ4n) is 3.44. The molecule has 8 nitrogen and oxygen atoms in total. The number of imidazole rings is 1. The van der Waals surface area contributed by atoms with Crippen LogP contribution in [0.4, 0.5) is 0 Å². The van der Waals surface area contributed by atoms with Crippen molar-refractivity contribution in [1.82, 2.24) is 23.6 Å². The highest BCUT2D eigenvalue weighted by atomic mass is 32.2. The van der Waals surface area contributed by atoms with Crippen LogP contribution in [0.1, 0.15) is 18.1 Å². The number of carbonyl (C=O) groups excluding carboxylic acids is 2. The van der Waals surface area contributed by atoms with Crippen LogP contribution in [0.25, 0.3) is 17.2 Å². The standard InChI is InChI=1S/C21H19N5O3S3/c1-12(27)9-26-18(28)15(32-21(26)31)8-13-4-6-14(7-5-13)10-25-11-22-17-16(25)19(30)24(3)20(29)23(17)2/h4-8,11H,9-10H2,1-3H3/b15-8-. The number of rotatable bonds is 5. The van der Waals surface area contributed by atoms with E-state index in [0.29, 0.717) is 26.1 Å². The van der Waals surface area contributed by atoms with Gasteiger partial charge in [-0.1, -0.05) is 60.5 Å². The van der Waals surface area contributed by atoms with E-state index in [0.717, 1.165) is 16.6 Å². The molecule has 4 rings (SSSR count). The average Bonchev–Trinajstić information content (AvgIpc) is 3.28. The Bertz CT molecular complexity index is 1430. The lowest BCUT2D eigenvalue weighted by atomic mass is 10.1. The number of hydrogen-bond acceptors (Lipinski definition) is 7. The second-order valence-corrected chi connectivity index (χ2v) is 9.52. The molecule has 2 aromatic heterocycles. The highest BCUT2D eigenvalue weighted by Crippen LogP contribution is 2.32. The van der Waals surface area contributed by atoms with Gasteiger partial charge in [-0.15, -0.1) is 0 Å². The van der Waals surface area contributed by atoms with Crippen LogP contribution in [0, 0.1) is 4.64 Å². The molecule has 0 bridgehead atoms. The van der Waals surface area contributed by atoms with E-state index < -0.39 is 0 Å². The molecule has 1 aromatic carbocycles. The first kappa shape index (κ1) is 22.3. The molecule has 1 fully saturated rings. The van der Waals surface area contributed by atoms with Gasteiger partial charge < -0.3 is 4.57 Å². The molecule has 164 valence electrons. The first-order chi connectivity index (χ1) is 15.2. The number of Topliss-reactive ketones (excluding diaryl/α,β-unsaturated/α-hetero) is 1. The van der Waals surface area contributed by atoms with E-state index in [4.69, 9.17) is 24.4 Å². The fourth-order valence-corrected chi connectivity index (χ4v) is 4.98. The summed E-state index contributed by atoms with van der Waals surface area (Å²) >= 11 is 11.9. The first-order valence-corrected chi connectivity index (χ1v) is 11.2. The molecule has 1 saturated heterocycles. The van der Waals surface area contributed by atoms with E-state index >= 15 is 0 Å². The van der Waals surface area contributed by atoms with Gasteiger partial charge in [0, 0.05) is 20.6 Å². The summed E-state index contributed by atoms with van der Waals surface area (Å²) in [5.74, 6) is -0.365. The lowest BCUT2D eigenvalue weighted by Gasteiger charge is -2.11. The smallest absolute Gasteiger partial charge is 0.322 e. The number of thioether (sulfide) groups is 1. The molecule has 0 radical (unpaired) electrons. The quantitative estimate of drug-likeness (QED) is 0.406. The van der Waals surface area contributed by atoms with Gasteiger partial charge in [0.05, 0.1) is 17.8 Å². The molecule has 11 heteroatoms. The number of amides is 1. The van der Waals surface area contributed by atoms with Gasteiger partial charge in [-0.25, -0.2) is 9.78 Å². The van der Waals surface area contributed by atoms with Crippen LogP contribution in [0.15, 0.2) is 40.3 Å². The predicted octanol–water partition coefficient (Wildman–Crippen LogP) is 2.64. The van der Waals surface area contributed by atoms with Crippen molar-refractivity contribution in [1.29, 1.82) is 0 Å². The van der Waals surface area contributed by atoms with E-state index in [1.165, 1.54) is 32.7 Å². The van der Waals surface area contributed by atoms with Gasteiger partial charge in [0.2, 0.25) is 0 Å². The Morgan fingerprint density at radius 3 is 2.47 bits per heavy atom. The Morgan fingerprint density at radius 2 is 1.81 bits per heavy atom. The van der Waals surface area contributed by atoms with Crippen molar-refractivity contribution >= 4 is 69.4 Å². The lowest BCUT2D eigenvalue weighted by molar-refractivity contribution is -0.126. The van der Waals surface area contributed by atoms with Crippen LogP contribution in [0.5, 0.6) is 0 Å². The largest absolute Gasteiger partial charge is 0.330 e. The van der Waals surface area contributed by atoms with Gasteiger partial charge >= 0.3 is 5.69 Å². The molecule has 1 amide bonds. The van der Waals surface area contributed by atoms with Crippen molar-refractivity contribution in [3.05, 3.63) is 61.7 Å². The van der Waals surface area contributed by atoms with Gasteiger partial charge in [0.1, 0.15) is 20.3 Å². The molecule has 0 saturated carbocycles. The zero-order valence-corrected chi connectivity index (χ0v) is 20.0. The molecular weight excluding hydrogens is 466 g/mol. The summed E-state index contributed by atoms with van der Waals surface area (Å²) < 4.78 is 5.65. The van der Waals surface area contributed by atoms with Gasteiger partial charge in [0.15, 0.2) is 5.65 Å². The number of carbonyl (C=O) groups is 2. The third-order valence-corrected chi connectivity index (χ3v) is 6.95. The molecule has 3 aromatic rings. The Morgan fingerprint density at radius 1 is 1.12 bits per heavy atom. The van der Waals surface area contributed by atoms with Crippen LogP contribution in [0.3, 0.4) is 0 Å². The number of fused-ring (bicyclic) bond motifs is 1. The van der Waals surface area contributed by atoms with Crippen molar-refractivity contribution < 1.29 is 9.59 Å². The number of thiocarbonyl (C=S) groups is 1. The molecular formula is C21H19N5O3S3. The number of aryl methyl sites for hydroxylation is 1. The second kappa shape index (κ2) is 8.57. The monoisotopic (exact) mass is 485 g/mol. The summed E-state index contributed by atoms with van der Waals surface area (Å²) in [6.07, 6.45) is 3.45. The van der Waals surface area contributed by atoms with Crippen molar-refractivity contribution in [2.45, 2.75) is 13.5 Å². The molecule has 0 unspecified atom stereocenters. The highest BCUT2D eigenvalue weighted by molar-refractivity contribution is 8.26. The maximum absolute atomic E-state index is 12.5. The van der Waals surface area contributed by atoms with Crippen LogP contribution >= 0.6 is 36.2 Å². The third-order valence-electron chi connectivity index (χ3n) is 5.10. The Balaban J connectivity index is 1.58. The third kappa shape index (κ3) is 3.98. The molecule has 1 aliphatic heterocycles. The van der Waals surface area contributed by atoms with E-state index in [1.54, 1.807) is 26.5 Å². The number of ketones is 1. The zero-order chi connectivity index (χ0) is 23.2. The van der Waals surface area contributed by atoms with Crippen LogP contribution in [-0.2, 0) is 30.2 Å². The maximum Gasteiger partial charge on any atom is 0.330 e. The minimum atomic E-state index is -0.249. The molecule has 0 N–H and O–H groups in total. The second-order valence-electron chi connectivity index (χ2n) is 7.46. The Kier molecular flexibility index (Phi) is 5.97. The number of hydrogen-bond donors (Lipinski definition) is 0. The molecule has 0 aliphatic carbocycles. The zero-order valence-electron chi connectivity index (χ0n) is 17.6. The molecule has 32 heavy (non-hydrogen) atoms. The summed E-state index contributed by atoms with van der Waals surface area (Å²) in [4.78, 5) is 42.3. The molecule has 0 spiro atoms. The number of benzene rings is 1. The van der Waals surface area contributed by atoms with Crippen molar-refractivity contribution in [2.24, 2.45) is 14.1 Å². The molecule has 1 aliphatic rings. The van der Waals surface area contributed by atoms with Crippen LogP contribution in [0.2, 0.25) is 0 Å². The fraction of sp³-hybridized carbons (Fsp3) is 0.238. The average molecular weight is 486 g/mol. The summed E-state index contributed by atoms with van der Waals surface area (Å²) in [6.45, 7) is 1.95. The molecule has 0 atom stereocenters.